The summed E-state index contributed by atoms with van der Waals surface area (Å²) in [4.78, 5) is 23.3. The molecule has 0 aliphatic heterocycles. The van der Waals surface area contributed by atoms with Crippen molar-refractivity contribution in [3.8, 4) is 17.1 Å². The van der Waals surface area contributed by atoms with Crippen LogP contribution >= 0.6 is 23.2 Å². The molecule has 148 valence electrons. The van der Waals surface area contributed by atoms with Crippen LogP contribution in [-0.2, 0) is 4.79 Å². The molecule has 0 spiro atoms. The average Bonchev–Trinajstić information content (AvgIpc) is 3.11. The highest BCUT2D eigenvalue weighted by Crippen LogP contribution is 2.32. The topological polar surface area (TPSA) is 99.8 Å². The molecule has 0 fully saturated rings. The van der Waals surface area contributed by atoms with Crippen molar-refractivity contribution in [1.82, 2.24) is 0 Å². The van der Waals surface area contributed by atoms with Crippen molar-refractivity contribution in [2.45, 2.75) is 6.92 Å². The lowest BCUT2D eigenvalue weighted by Crippen LogP contribution is -2.09. The number of amides is 1. The van der Waals surface area contributed by atoms with E-state index in [1.165, 1.54) is 24.3 Å². The Hall–Kier alpha value is -3.22. The van der Waals surface area contributed by atoms with Gasteiger partial charge >= 0.3 is 5.97 Å². The smallest absolute Gasteiger partial charge is 0.339 e. The molecule has 0 radical (unpaired) electrons. The Kier molecular flexibility index (Phi) is 5.96. The summed E-state index contributed by atoms with van der Waals surface area (Å²) in [6.07, 6.45) is 2.71. The Morgan fingerprint density at radius 2 is 1.86 bits per heavy atom. The number of halogens is 2. The van der Waals surface area contributed by atoms with Crippen LogP contribution in [0.3, 0.4) is 0 Å². The van der Waals surface area contributed by atoms with Crippen molar-refractivity contribution >= 4 is 46.8 Å². The minimum atomic E-state index is -1.29. The summed E-state index contributed by atoms with van der Waals surface area (Å²) in [5.74, 6) is -1.17. The average molecular weight is 432 g/mol. The van der Waals surface area contributed by atoms with Crippen LogP contribution in [-0.4, -0.2) is 22.1 Å². The molecule has 3 rings (SSSR count). The van der Waals surface area contributed by atoms with Gasteiger partial charge in [-0.1, -0.05) is 23.2 Å². The molecule has 6 nitrogen and oxygen atoms in total. The van der Waals surface area contributed by atoms with Gasteiger partial charge < -0.3 is 19.9 Å². The van der Waals surface area contributed by atoms with E-state index in [4.69, 9.17) is 32.7 Å². The van der Waals surface area contributed by atoms with E-state index < -0.39 is 11.9 Å². The second kappa shape index (κ2) is 8.43. The number of hydrogen-bond donors (Lipinski definition) is 3. The SMILES string of the molecule is Cc1cc(NC(=O)/C=C/c2ccc(-c3ccc(Cl)cc3Cl)o2)cc(C(=O)O)c1O. The highest BCUT2D eigenvalue weighted by Gasteiger charge is 2.14. The predicted molar refractivity (Wildman–Crippen MR) is 112 cm³/mol. The van der Waals surface area contributed by atoms with Crippen LogP contribution in [0.4, 0.5) is 5.69 Å². The number of rotatable bonds is 5. The van der Waals surface area contributed by atoms with E-state index in [0.717, 1.165) is 0 Å². The maximum absolute atomic E-state index is 12.1. The number of carboxylic acids is 1. The fourth-order valence-corrected chi connectivity index (χ4v) is 3.13. The molecule has 3 N–H and O–H groups in total. The molecule has 29 heavy (non-hydrogen) atoms. The van der Waals surface area contributed by atoms with Gasteiger partial charge in [0.25, 0.3) is 0 Å². The van der Waals surface area contributed by atoms with Crippen molar-refractivity contribution in [3.05, 3.63) is 75.5 Å². The van der Waals surface area contributed by atoms with Gasteiger partial charge in [-0.05, 0) is 61.0 Å². The van der Waals surface area contributed by atoms with Crippen molar-refractivity contribution in [2.75, 3.05) is 5.32 Å². The fraction of sp³-hybridized carbons (Fsp3) is 0.0476. The van der Waals surface area contributed by atoms with E-state index in [9.17, 15) is 14.7 Å². The van der Waals surface area contributed by atoms with E-state index >= 15 is 0 Å². The number of carbonyl (C=O) groups is 2. The molecular weight excluding hydrogens is 417 g/mol. The minimum Gasteiger partial charge on any atom is -0.507 e. The molecule has 0 aliphatic carbocycles. The van der Waals surface area contributed by atoms with E-state index in [0.29, 0.717) is 32.7 Å². The van der Waals surface area contributed by atoms with Crippen molar-refractivity contribution < 1.29 is 24.2 Å². The Bertz CT molecular complexity index is 1130. The largest absolute Gasteiger partial charge is 0.507 e. The molecule has 3 aromatic rings. The van der Waals surface area contributed by atoms with Crippen LogP contribution in [0.5, 0.6) is 5.75 Å². The molecule has 1 aromatic heterocycles. The third-order valence-corrected chi connectivity index (χ3v) is 4.57. The Morgan fingerprint density at radius 1 is 1.10 bits per heavy atom. The summed E-state index contributed by atoms with van der Waals surface area (Å²) < 4.78 is 5.67. The van der Waals surface area contributed by atoms with Crippen LogP contribution in [0, 0.1) is 6.92 Å². The highest BCUT2D eigenvalue weighted by molar-refractivity contribution is 6.36. The van der Waals surface area contributed by atoms with E-state index in [1.807, 2.05) is 0 Å². The Labute approximate surface area is 176 Å². The molecule has 0 saturated heterocycles. The molecular formula is C21H15Cl2NO5. The monoisotopic (exact) mass is 431 g/mol. The summed E-state index contributed by atoms with van der Waals surface area (Å²) in [7, 11) is 0. The van der Waals surface area contributed by atoms with Gasteiger partial charge in [-0.3, -0.25) is 4.79 Å². The molecule has 0 saturated carbocycles. The molecule has 0 bridgehead atoms. The maximum Gasteiger partial charge on any atom is 0.339 e. The maximum atomic E-state index is 12.1. The lowest BCUT2D eigenvalue weighted by molar-refractivity contribution is -0.111. The van der Waals surface area contributed by atoms with E-state index in [-0.39, 0.29) is 17.0 Å². The zero-order chi connectivity index (χ0) is 21.1. The number of aromatic carboxylic acids is 1. The molecule has 0 atom stereocenters. The first-order valence-corrected chi connectivity index (χ1v) is 9.11. The number of anilines is 1. The van der Waals surface area contributed by atoms with Gasteiger partial charge in [0.15, 0.2) is 0 Å². The van der Waals surface area contributed by atoms with E-state index in [1.54, 1.807) is 37.3 Å². The van der Waals surface area contributed by atoms with Crippen LogP contribution in [0.1, 0.15) is 21.7 Å². The third-order valence-electron chi connectivity index (χ3n) is 4.02. The molecule has 1 heterocycles. The van der Waals surface area contributed by atoms with Crippen LogP contribution in [0.2, 0.25) is 10.0 Å². The number of nitrogens with one attached hydrogen (secondary N) is 1. The van der Waals surface area contributed by atoms with Crippen LogP contribution in [0.15, 0.2) is 53.0 Å². The molecule has 0 aliphatic rings. The number of benzene rings is 2. The summed E-state index contributed by atoms with van der Waals surface area (Å²) in [6, 6.07) is 11.1. The number of furan rings is 1. The van der Waals surface area contributed by atoms with Crippen molar-refractivity contribution in [2.24, 2.45) is 0 Å². The molecule has 1 amide bonds. The summed E-state index contributed by atoms with van der Waals surface area (Å²) >= 11 is 12.1. The van der Waals surface area contributed by atoms with Crippen LogP contribution < -0.4 is 5.32 Å². The highest BCUT2D eigenvalue weighted by atomic mass is 35.5. The van der Waals surface area contributed by atoms with Gasteiger partial charge in [0.1, 0.15) is 22.8 Å². The first kappa shape index (κ1) is 20.5. The lowest BCUT2D eigenvalue weighted by Gasteiger charge is -2.08. The Balaban J connectivity index is 1.73. The van der Waals surface area contributed by atoms with Gasteiger partial charge in [0.05, 0.1) is 5.02 Å². The molecule has 0 unspecified atom stereocenters. The first-order valence-electron chi connectivity index (χ1n) is 8.36. The standard InChI is InChI=1S/C21H15Cl2NO5/c1-11-8-13(10-16(20(11)26)21(27)28)24-19(25)7-4-14-3-6-18(29-14)15-5-2-12(22)9-17(15)23/h2-10,26H,1H3,(H,24,25)(H,27,28)/b7-4+. The number of phenols is 1. The number of hydrogen-bond acceptors (Lipinski definition) is 4. The third kappa shape index (κ3) is 4.80. The van der Waals surface area contributed by atoms with Crippen LogP contribution in [0.25, 0.3) is 17.4 Å². The van der Waals surface area contributed by atoms with Gasteiger partial charge in [0.2, 0.25) is 5.91 Å². The normalized spacial score (nSPS) is 11.0. The summed E-state index contributed by atoms with van der Waals surface area (Å²) in [6.45, 7) is 1.54. The quantitative estimate of drug-likeness (QED) is 0.359. The van der Waals surface area contributed by atoms with Gasteiger partial charge in [0, 0.05) is 22.3 Å². The van der Waals surface area contributed by atoms with Crippen molar-refractivity contribution in [1.29, 1.82) is 0 Å². The number of carbonyl (C=O) groups excluding carboxylic acids is 1. The molecule has 2 aromatic carbocycles. The second-order valence-electron chi connectivity index (χ2n) is 6.14. The van der Waals surface area contributed by atoms with Gasteiger partial charge in [-0.25, -0.2) is 4.79 Å². The zero-order valence-electron chi connectivity index (χ0n) is 15.1. The van der Waals surface area contributed by atoms with Gasteiger partial charge in [-0.2, -0.15) is 0 Å². The zero-order valence-corrected chi connectivity index (χ0v) is 16.6. The lowest BCUT2D eigenvalue weighted by atomic mass is 10.1. The number of aryl methyl sites for hydroxylation is 1. The predicted octanol–water partition coefficient (Wildman–Crippen LogP) is 5.62. The second-order valence-corrected chi connectivity index (χ2v) is 6.99. The van der Waals surface area contributed by atoms with Crippen molar-refractivity contribution in [3.63, 3.8) is 0 Å². The fourth-order valence-electron chi connectivity index (χ4n) is 2.63. The van der Waals surface area contributed by atoms with E-state index in [2.05, 4.69) is 5.32 Å². The number of aromatic hydroxyl groups is 1. The Morgan fingerprint density at radius 3 is 2.55 bits per heavy atom. The summed E-state index contributed by atoms with van der Waals surface area (Å²) in [5.41, 5.74) is 0.959. The summed E-state index contributed by atoms with van der Waals surface area (Å²) in [5, 5.41) is 22.4. The minimum absolute atomic E-state index is 0.250. The van der Waals surface area contributed by atoms with Gasteiger partial charge in [-0.15, -0.1) is 0 Å². The molecule has 8 heteroatoms. The first-order chi connectivity index (χ1) is 13.7. The number of carboxylic acid groups (broad SMARTS) is 1.